The van der Waals surface area contributed by atoms with Gasteiger partial charge in [0.25, 0.3) is 0 Å². The lowest BCUT2D eigenvalue weighted by atomic mass is 9.82. The van der Waals surface area contributed by atoms with E-state index in [1.807, 2.05) is 0 Å². The van der Waals surface area contributed by atoms with Crippen molar-refractivity contribution in [2.45, 2.75) is 26.3 Å². The molecule has 0 aromatic heterocycles. The van der Waals surface area contributed by atoms with Crippen LogP contribution in [-0.4, -0.2) is 29.2 Å². The van der Waals surface area contributed by atoms with Gasteiger partial charge >= 0.3 is 5.97 Å². The molecular weight excluding hydrogens is 174 g/mol. The quantitative estimate of drug-likeness (QED) is 0.450. The Bertz CT molecular complexity index is 234. The highest BCUT2D eigenvalue weighted by atomic mass is 16.4. The molecule has 0 amide bonds. The summed E-state index contributed by atoms with van der Waals surface area (Å²) >= 11 is 0. The Morgan fingerprint density at radius 1 is 1.54 bits per heavy atom. The number of carbonyl (C=O) groups is 3. The predicted molar refractivity (Wildman–Crippen MR) is 45.1 cm³/mol. The zero-order valence-corrected chi connectivity index (χ0v) is 7.61. The second kappa shape index (κ2) is 4.13. The van der Waals surface area contributed by atoms with Gasteiger partial charge in [-0.25, -0.2) is 0 Å². The molecule has 0 aromatic carbocycles. The summed E-state index contributed by atoms with van der Waals surface area (Å²) in [7, 11) is 0. The first-order valence-corrected chi connectivity index (χ1v) is 3.79. The van der Waals surface area contributed by atoms with Gasteiger partial charge < -0.3 is 10.8 Å². The first-order valence-electron chi connectivity index (χ1n) is 3.79. The number of ketones is 1. The first-order chi connectivity index (χ1) is 5.81. The van der Waals surface area contributed by atoms with Crippen LogP contribution in [-0.2, 0) is 14.4 Å². The third kappa shape index (κ3) is 3.33. The Hall–Kier alpha value is -1.23. The molecule has 3 N–H and O–H groups in total. The zero-order chi connectivity index (χ0) is 10.6. The topological polar surface area (TPSA) is 97.5 Å². The number of nitrogens with two attached hydrogens (primary N) is 1. The molecule has 0 aliphatic rings. The van der Waals surface area contributed by atoms with Crippen molar-refractivity contribution in [1.29, 1.82) is 0 Å². The minimum Gasteiger partial charge on any atom is -0.480 e. The van der Waals surface area contributed by atoms with Crippen LogP contribution >= 0.6 is 0 Å². The summed E-state index contributed by atoms with van der Waals surface area (Å²) in [5.41, 5.74) is 4.23. The molecule has 0 saturated heterocycles. The molecule has 5 nitrogen and oxygen atoms in total. The number of carboxylic acid groups (broad SMARTS) is 1. The standard InChI is InChI=1S/C8H13NO4/c1-8(2,6(11)4-10)3-5(9)7(12)13/h4-5H,3,9H2,1-2H3,(H,12,13)/t5-/m0/s1. The number of carboxylic acids is 1. The van der Waals surface area contributed by atoms with Crippen LogP contribution in [0.1, 0.15) is 20.3 Å². The Balaban J connectivity index is 4.41. The van der Waals surface area contributed by atoms with Crippen LogP contribution in [0, 0.1) is 5.41 Å². The number of carbonyl (C=O) groups excluding carboxylic acids is 2. The molecule has 0 aliphatic carbocycles. The Morgan fingerprint density at radius 3 is 2.31 bits per heavy atom. The van der Waals surface area contributed by atoms with E-state index in [0.29, 0.717) is 0 Å². The van der Waals surface area contributed by atoms with Crippen molar-refractivity contribution >= 4 is 18.0 Å². The fraction of sp³-hybridized carbons (Fsp3) is 0.625. The maximum atomic E-state index is 11.0. The lowest BCUT2D eigenvalue weighted by Crippen LogP contribution is -2.38. The fourth-order valence-electron chi connectivity index (χ4n) is 0.897. The van der Waals surface area contributed by atoms with Crippen LogP contribution in [0.25, 0.3) is 0 Å². The Labute approximate surface area is 75.9 Å². The van der Waals surface area contributed by atoms with Crippen LogP contribution in [0.15, 0.2) is 0 Å². The number of hydrogen-bond acceptors (Lipinski definition) is 4. The summed E-state index contributed by atoms with van der Waals surface area (Å²) in [4.78, 5) is 31.5. The highest BCUT2D eigenvalue weighted by molar-refractivity contribution is 6.27. The molecule has 0 heterocycles. The maximum Gasteiger partial charge on any atom is 0.320 e. The van der Waals surface area contributed by atoms with E-state index in [2.05, 4.69) is 0 Å². The molecule has 0 spiro atoms. The average Bonchev–Trinajstić information content (AvgIpc) is 2.01. The zero-order valence-electron chi connectivity index (χ0n) is 7.61. The van der Waals surface area contributed by atoms with Crippen LogP contribution in [0.3, 0.4) is 0 Å². The summed E-state index contributed by atoms with van der Waals surface area (Å²) in [6.45, 7) is 2.99. The minimum atomic E-state index is -1.17. The van der Waals surface area contributed by atoms with Gasteiger partial charge in [0, 0.05) is 5.41 Å². The van der Waals surface area contributed by atoms with Crippen LogP contribution in [0.2, 0.25) is 0 Å². The largest absolute Gasteiger partial charge is 0.480 e. The summed E-state index contributed by atoms with van der Waals surface area (Å²) in [6, 6.07) is -1.11. The molecule has 0 aliphatic heterocycles. The van der Waals surface area contributed by atoms with E-state index in [9.17, 15) is 14.4 Å². The SMILES string of the molecule is CC(C)(C[C@H](N)C(=O)O)C(=O)C=O. The summed E-state index contributed by atoms with van der Waals surface area (Å²) in [5, 5.41) is 8.48. The van der Waals surface area contributed by atoms with Gasteiger partial charge in [0.15, 0.2) is 6.29 Å². The molecule has 5 heteroatoms. The average molecular weight is 187 g/mol. The number of hydrogen-bond donors (Lipinski definition) is 2. The van der Waals surface area contributed by atoms with Crippen molar-refractivity contribution < 1.29 is 19.5 Å². The lowest BCUT2D eigenvalue weighted by molar-refractivity contribution is -0.141. The van der Waals surface area contributed by atoms with Crippen molar-refractivity contribution in [1.82, 2.24) is 0 Å². The second-order valence-electron chi connectivity index (χ2n) is 3.51. The van der Waals surface area contributed by atoms with E-state index < -0.39 is 23.2 Å². The maximum absolute atomic E-state index is 11.0. The van der Waals surface area contributed by atoms with E-state index in [1.165, 1.54) is 13.8 Å². The number of rotatable bonds is 5. The summed E-state index contributed by atoms with van der Waals surface area (Å²) in [5.74, 6) is -1.81. The van der Waals surface area contributed by atoms with Crippen molar-refractivity contribution in [3.63, 3.8) is 0 Å². The monoisotopic (exact) mass is 187 g/mol. The van der Waals surface area contributed by atoms with Crippen molar-refractivity contribution in [2.24, 2.45) is 11.1 Å². The molecule has 1 atom stereocenters. The van der Waals surface area contributed by atoms with Crippen molar-refractivity contribution in [3.8, 4) is 0 Å². The first kappa shape index (κ1) is 11.8. The molecule has 0 saturated carbocycles. The van der Waals surface area contributed by atoms with E-state index in [4.69, 9.17) is 10.8 Å². The Kier molecular flexibility index (Phi) is 3.74. The van der Waals surface area contributed by atoms with E-state index in [1.54, 1.807) is 0 Å². The highest BCUT2D eigenvalue weighted by Gasteiger charge is 2.31. The normalized spacial score (nSPS) is 13.5. The lowest BCUT2D eigenvalue weighted by Gasteiger charge is -2.21. The van der Waals surface area contributed by atoms with Gasteiger partial charge in [-0.15, -0.1) is 0 Å². The van der Waals surface area contributed by atoms with E-state index in [0.717, 1.165) is 0 Å². The molecule has 74 valence electrons. The van der Waals surface area contributed by atoms with Crippen LogP contribution in [0.5, 0.6) is 0 Å². The van der Waals surface area contributed by atoms with Crippen molar-refractivity contribution in [2.75, 3.05) is 0 Å². The van der Waals surface area contributed by atoms with Gasteiger partial charge in [-0.2, -0.15) is 0 Å². The third-order valence-electron chi connectivity index (χ3n) is 1.82. The molecule has 0 aromatic rings. The van der Waals surface area contributed by atoms with Gasteiger partial charge in [0.1, 0.15) is 6.04 Å². The molecular formula is C8H13NO4. The van der Waals surface area contributed by atoms with Gasteiger partial charge in [0.05, 0.1) is 0 Å². The molecule has 0 rings (SSSR count). The molecule has 0 fully saturated rings. The molecule has 0 radical (unpaired) electrons. The van der Waals surface area contributed by atoms with Gasteiger partial charge in [-0.1, -0.05) is 13.8 Å². The number of aliphatic carboxylic acids is 1. The fourth-order valence-corrected chi connectivity index (χ4v) is 0.897. The predicted octanol–water partition coefficient (Wildman–Crippen LogP) is -0.417. The van der Waals surface area contributed by atoms with Gasteiger partial charge in [-0.3, -0.25) is 14.4 Å². The van der Waals surface area contributed by atoms with Crippen molar-refractivity contribution in [3.05, 3.63) is 0 Å². The number of aldehydes is 1. The summed E-state index contributed by atoms with van der Waals surface area (Å²) < 4.78 is 0. The molecule has 0 bridgehead atoms. The van der Waals surface area contributed by atoms with Crippen LogP contribution in [0.4, 0.5) is 0 Å². The van der Waals surface area contributed by atoms with E-state index >= 15 is 0 Å². The third-order valence-corrected chi connectivity index (χ3v) is 1.82. The minimum absolute atomic E-state index is 0.0418. The summed E-state index contributed by atoms with van der Waals surface area (Å²) in [6.07, 6.45) is 0.147. The highest BCUT2D eigenvalue weighted by Crippen LogP contribution is 2.22. The second-order valence-corrected chi connectivity index (χ2v) is 3.51. The van der Waals surface area contributed by atoms with E-state index in [-0.39, 0.29) is 12.7 Å². The Morgan fingerprint density at radius 2 is 2.00 bits per heavy atom. The number of Topliss-reactive ketones (excluding diaryl/α,β-unsaturated/α-hetero) is 1. The van der Waals surface area contributed by atoms with Gasteiger partial charge in [-0.05, 0) is 6.42 Å². The molecule has 13 heavy (non-hydrogen) atoms. The van der Waals surface area contributed by atoms with Crippen LogP contribution < -0.4 is 5.73 Å². The van der Waals surface area contributed by atoms with Gasteiger partial charge in [0.2, 0.25) is 5.78 Å². The molecule has 0 unspecified atom stereocenters. The smallest absolute Gasteiger partial charge is 0.320 e.